The molecular weight excluding hydrogens is 242 g/mol. The number of rotatable bonds is 11. The average molecular weight is 269 g/mol. The normalized spacial score (nSPS) is 11.9. The second-order valence-corrected chi connectivity index (χ2v) is 5.25. The second kappa shape index (κ2) is 10.7. The molecule has 1 atom stereocenters. The first-order valence-electron chi connectivity index (χ1n) is 7.26. The Kier molecular flexibility index (Phi) is 10.0. The monoisotopic (exact) mass is 269 g/mol. The highest BCUT2D eigenvalue weighted by Gasteiger charge is 2.12. The number of unbranched alkanes of at least 4 members (excludes halogenated alkanes) is 4. The number of ketones is 2. The molecule has 0 heterocycles. The lowest BCUT2D eigenvalue weighted by molar-refractivity contribution is -0.128. The summed E-state index contributed by atoms with van der Waals surface area (Å²) in [6.07, 6.45) is 6.22. The quantitative estimate of drug-likeness (QED) is 0.463. The number of amides is 1. The third-order valence-corrected chi connectivity index (χ3v) is 2.92. The maximum absolute atomic E-state index is 11.6. The Hall–Kier alpha value is -1.19. The van der Waals surface area contributed by atoms with Crippen molar-refractivity contribution < 1.29 is 14.4 Å². The van der Waals surface area contributed by atoms with Gasteiger partial charge in [0.15, 0.2) is 0 Å². The lowest BCUT2D eigenvalue weighted by Crippen LogP contribution is -2.34. The lowest BCUT2D eigenvalue weighted by atomic mass is 10.1. The van der Waals surface area contributed by atoms with Crippen molar-refractivity contribution in [1.29, 1.82) is 0 Å². The summed E-state index contributed by atoms with van der Waals surface area (Å²) < 4.78 is 0. The Balaban J connectivity index is 3.68. The summed E-state index contributed by atoms with van der Waals surface area (Å²) in [6, 6.07) is -0.192. The van der Waals surface area contributed by atoms with Gasteiger partial charge < -0.3 is 5.32 Å². The summed E-state index contributed by atoms with van der Waals surface area (Å²) in [5.74, 6) is -0.244. The fourth-order valence-corrected chi connectivity index (χ4v) is 2.00. The van der Waals surface area contributed by atoms with E-state index in [1.54, 1.807) is 6.92 Å². The molecule has 0 aromatic carbocycles. The summed E-state index contributed by atoms with van der Waals surface area (Å²) in [5.41, 5.74) is 0. The van der Waals surface area contributed by atoms with E-state index in [0.29, 0.717) is 12.8 Å². The van der Waals surface area contributed by atoms with E-state index < -0.39 is 0 Å². The zero-order valence-electron chi connectivity index (χ0n) is 12.5. The second-order valence-electron chi connectivity index (χ2n) is 5.25. The van der Waals surface area contributed by atoms with Crippen LogP contribution in [0.5, 0.6) is 0 Å². The number of nitrogens with one attached hydrogen (secondary N) is 1. The molecule has 4 heteroatoms. The Morgan fingerprint density at radius 2 is 1.68 bits per heavy atom. The predicted molar refractivity (Wildman–Crippen MR) is 75.9 cm³/mol. The van der Waals surface area contributed by atoms with E-state index in [0.717, 1.165) is 19.3 Å². The number of hydrogen-bond donors (Lipinski definition) is 1. The number of carbonyl (C=O) groups is 3. The number of carbonyl (C=O) groups excluding carboxylic acids is 3. The van der Waals surface area contributed by atoms with Crippen LogP contribution in [0.1, 0.15) is 72.1 Å². The van der Waals surface area contributed by atoms with Crippen LogP contribution in [0.3, 0.4) is 0 Å². The molecule has 0 bridgehead atoms. The maximum atomic E-state index is 11.6. The molecule has 0 spiro atoms. The topological polar surface area (TPSA) is 63.2 Å². The largest absolute Gasteiger partial charge is 0.353 e. The third-order valence-electron chi connectivity index (χ3n) is 2.92. The summed E-state index contributed by atoms with van der Waals surface area (Å²) in [4.78, 5) is 34.0. The first-order chi connectivity index (χ1) is 8.95. The molecule has 1 unspecified atom stereocenters. The van der Waals surface area contributed by atoms with Crippen LogP contribution in [0, 0.1) is 0 Å². The molecule has 4 nitrogen and oxygen atoms in total. The SMILES string of the molecule is CCCCCCCC(=O)CC(=O)NC(C)CC(C)=O. The molecule has 110 valence electrons. The van der Waals surface area contributed by atoms with Crippen molar-refractivity contribution in [2.24, 2.45) is 0 Å². The van der Waals surface area contributed by atoms with Crippen LogP contribution in [0.2, 0.25) is 0 Å². The van der Waals surface area contributed by atoms with Gasteiger partial charge >= 0.3 is 0 Å². The molecule has 0 radical (unpaired) electrons. The van der Waals surface area contributed by atoms with Gasteiger partial charge in [0.25, 0.3) is 0 Å². The molecule has 0 rings (SSSR count). The van der Waals surface area contributed by atoms with Gasteiger partial charge in [0.2, 0.25) is 5.91 Å². The Bertz CT molecular complexity index is 300. The predicted octanol–water partition coefficient (Wildman–Crippen LogP) is 2.79. The molecule has 1 amide bonds. The van der Waals surface area contributed by atoms with Gasteiger partial charge in [0, 0.05) is 18.9 Å². The van der Waals surface area contributed by atoms with E-state index in [4.69, 9.17) is 0 Å². The van der Waals surface area contributed by atoms with Crippen molar-refractivity contribution in [1.82, 2.24) is 5.32 Å². The first kappa shape index (κ1) is 17.8. The van der Waals surface area contributed by atoms with E-state index >= 15 is 0 Å². The van der Waals surface area contributed by atoms with Crippen LogP contribution in [0.15, 0.2) is 0 Å². The molecule has 0 aliphatic carbocycles. The van der Waals surface area contributed by atoms with E-state index in [9.17, 15) is 14.4 Å². The van der Waals surface area contributed by atoms with Gasteiger partial charge in [0.05, 0.1) is 6.42 Å². The number of Topliss-reactive ketones (excluding diaryl/α,β-unsaturated/α-hetero) is 2. The Morgan fingerprint density at radius 1 is 1.05 bits per heavy atom. The molecule has 1 N–H and O–H groups in total. The summed E-state index contributed by atoms with van der Waals surface area (Å²) in [6.45, 7) is 5.41. The van der Waals surface area contributed by atoms with E-state index in [1.165, 1.54) is 19.8 Å². The fourth-order valence-electron chi connectivity index (χ4n) is 2.00. The summed E-state index contributed by atoms with van der Waals surface area (Å²) in [7, 11) is 0. The highest BCUT2D eigenvalue weighted by atomic mass is 16.2. The van der Waals surface area contributed by atoms with Crippen molar-refractivity contribution in [3.63, 3.8) is 0 Å². The zero-order chi connectivity index (χ0) is 14.7. The molecule has 0 aliphatic rings. The maximum Gasteiger partial charge on any atom is 0.227 e. The fraction of sp³-hybridized carbons (Fsp3) is 0.800. The van der Waals surface area contributed by atoms with Crippen molar-refractivity contribution in [3.05, 3.63) is 0 Å². The Labute approximate surface area is 116 Å². The van der Waals surface area contributed by atoms with E-state index in [1.807, 2.05) is 0 Å². The van der Waals surface area contributed by atoms with Gasteiger partial charge in [-0.3, -0.25) is 14.4 Å². The van der Waals surface area contributed by atoms with Crippen LogP contribution in [-0.4, -0.2) is 23.5 Å². The van der Waals surface area contributed by atoms with Gasteiger partial charge in [0.1, 0.15) is 11.6 Å². The van der Waals surface area contributed by atoms with Crippen molar-refractivity contribution in [3.8, 4) is 0 Å². The van der Waals surface area contributed by atoms with Gasteiger partial charge in [-0.25, -0.2) is 0 Å². The van der Waals surface area contributed by atoms with Crippen LogP contribution >= 0.6 is 0 Å². The Morgan fingerprint density at radius 3 is 2.26 bits per heavy atom. The minimum atomic E-state index is -0.271. The zero-order valence-corrected chi connectivity index (χ0v) is 12.5. The molecular formula is C15H27NO3. The summed E-state index contributed by atoms with van der Waals surface area (Å²) >= 11 is 0. The lowest BCUT2D eigenvalue weighted by Gasteiger charge is -2.11. The molecule has 0 aliphatic heterocycles. The molecule has 0 aromatic rings. The third kappa shape index (κ3) is 11.6. The van der Waals surface area contributed by atoms with E-state index in [-0.39, 0.29) is 29.9 Å². The van der Waals surface area contributed by atoms with E-state index in [2.05, 4.69) is 12.2 Å². The molecule has 0 fully saturated rings. The van der Waals surface area contributed by atoms with Crippen molar-refractivity contribution >= 4 is 17.5 Å². The number of hydrogen-bond acceptors (Lipinski definition) is 3. The standard InChI is InChI=1S/C15H27NO3/c1-4-5-6-7-8-9-14(18)11-15(19)16-12(2)10-13(3)17/h12H,4-11H2,1-3H3,(H,16,19). The van der Waals surface area contributed by atoms with Crippen molar-refractivity contribution in [2.45, 2.75) is 78.2 Å². The molecule has 19 heavy (non-hydrogen) atoms. The first-order valence-corrected chi connectivity index (χ1v) is 7.26. The van der Waals surface area contributed by atoms with Gasteiger partial charge in [-0.1, -0.05) is 32.6 Å². The summed E-state index contributed by atoms with van der Waals surface area (Å²) in [5, 5.41) is 2.67. The molecule has 0 saturated carbocycles. The van der Waals surface area contributed by atoms with Gasteiger partial charge in [-0.2, -0.15) is 0 Å². The van der Waals surface area contributed by atoms with Crippen LogP contribution < -0.4 is 5.32 Å². The van der Waals surface area contributed by atoms with Crippen LogP contribution in [0.25, 0.3) is 0 Å². The molecule has 0 saturated heterocycles. The smallest absolute Gasteiger partial charge is 0.227 e. The van der Waals surface area contributed by atoms with Crippen molar-refractivity contribution in [2.75, 3.05) is 0 Å². The highest BCUT2D eigenvalue weighted by Crippen LogP contribution is 2.06. The minimum absolute atomic E-state index is 0.0102. The van der Waals surface area contributed by atoms with Crippen LogP contribution in [-0.2, 0) is 14.4 Å². The van der Waals surface area contributed by atoms with Gasteiger partial charge in [-0.05, 0) is 20.3 Å². The van der Waals surface area contributed by atoms with Crippen LogP contribution in [0.4, 0.5) is 0 Å². The molecule has 0 aromatic heterocycles. The average Bonchev–Trinajstić information content (AvgIpc) is 2.26. The highest BCUT2D eigenvalue weighted by molar-refractivity contribution is 5.98. The van der Waals surface area contributed by atoms with Gasteiger partial charge in [-0.15, -0.1) is 0 Å². The minimum Gasteiger partial charge on any atom is -0.353 e.